The third-order valence-electron chi connectivity index (χ3n) is 2.70. The molecule has 0 spiro atoms. The second kappa shape index (κ2) is 6.95. The Hall–Kier alpha value is -1.84. The van der Waals surface area contributed by atoms with Crippen LogP contribution in [0.15, 0.2) is 34.7 Å². The zero-order valence-corrected chi connectivity index (χ0v) is 13.7. The first-order chi connectivity index (χ1) is 10.4. The van der Waals surface area contributed by atoms with Gasteiger partial charge in [0.1, 0.15) is 0 Å². The van der Waals surface area contributed by atoms with Gasteiger partial charge in [-0.1, -0.05) is 55.5 Å². The summed E-state index contributed by atoms with van der Waals surface area (Å²) < 4.78 is 26.5. The van der Waals surface area contributed by atoms with Gasteiger partial charge in [-0.3, -0.25) is 4.79 Å². The number of hydrogen-bond acceptors (Lipinski definition) is 6. The van der Waals surface area contributed by atoms with Crippen LogP contribution in [-0.4, -0.2) is 24.5 Å². The first-order valence-electron chi connectivity index (χ1n) is 6.56. The summed E-state index contributed by atoms with van der Waals surface area (Å²) in [5, 5.41) is 9.98. The molecule has 1 heterocycles. The fraction of sp³-hybridized carbons (Fsp3) is 0.308. The van der Waals surface area contributed by atoms with Crippen molar-refractivity contribution in [1.29, 1.82) is 0 Å². The maximum absolute atomic E-state index is 12.1. The van der Waals surface area contributed by atoms with Crippen LogP contribution < -0.4 is 10.0 Å². The van der Waals surface area contributed by atoms with E-state index in [2.05, 4.69) is 20.2 Å². The van der Waals surface area contributed by atoms with Crippen molar-refractivity contribution in [1.82, 2.24) is 14.9 Å². The molecule has 9 heteroatoms. The lowest BCUT2D eigenvalue weighted by Crippen LogP contribution is -2.23. The van der Waals surface area contributed by atoms with E-state index in [1.807, 2.05) is 30.3 Å². The van der Waals surface area contributed by atoms with Crippen molar-refractivity contribution < 1.29 is 13.2 Å². The number of anilines is 1. The summed E-state index contributed by atoms with van der Waals surface area (Å²) in [6.07, 6.45) is 0. The largest absolute Gasteiger partial charge is 0.300 e. The summed E-state index contributed by atoms with van der Waals surface area (Å²) in [5.41, 5.74) is 0.837. The molecule has 0 atom stereocenters. The zero-order chi connectivity index (χ0) is 16.2. The minimum atomic E-state index is -3.75. The summed E-state index contributed by atoms with van der Waals surface area (Å²) in [5.74, 6) is -0.461. The van der Waals surface area contributed by atoms with Crippen LogP contribution in [0.25, 0.3) is 0 Å². The molecule has 22 heavy (non-hydrogen) atoms. The van der Waals surface area contributed by atoms with Crippen LogP contribution in [0, 0.1) is 5.92 Å². The monoisotopic (exact) mass is 340 g/mol. The summed E-state index contributed by atoms with van der Waals surface area (Å²) in [7, 11) is -3.75. The fourth-order valence-corrected chi connectivity index (χ4v) is 3.42. The summed E-state index contributed by atoms with van der Waals surface area (Å²) in [6, 6.07) is 9.14. The molecule has 0 aliphatic rings. The van der Waals surface area contributed by atoms with Crippen molar-refractivity contribution in [2.45, 2.75) is 24.7 Å². The van der Waals surface area contributed by atoms with Gasteiger partial charge in [0.15, 0.2) is 0 Å². The van der Waals surface area contributed by atoms with E-state index in [1.54, 1.807) is 13.8 Å². The molecule has 7 nitrogen and oxygen atoms in total. The number of rotatable bonds is 6. The molecule has 1 aromatic carbocycles. The summed E-state index contributed by atoms with van der Waals surface area (Å²) >= 11 is 0.816. The topological polar surface area (TPSA) is 101 Å². The minimum Gasteiger partial charge on any atom is -0.300 e. The number of hydrogen-bond donors (Lipinski definition) is 2. The van der Waals surface area contributed by atoms with Crippen LogP contribution in [0.5, 0.6) is 0 Å². The van der Waals surface area contributed by atoms with E-state index in [1.165, 1.54) is 0 Å². The Kier molecular flexibility index (Phi) is 5.22. The van der Waals surface area contributed by atoms with Crippen LogP contribution in [0.1, 0.15) is 19.4 Å². The predicted octanol–water partition coefficient (Wildman–Crippen LogP) is 1.61. The van der Waals surface area contributed by atoms with Crippen LogP contribution >= 0.6 is 11.3 Å². The van der Waals surface area contributed by atoms with E-state index in [4.69, 9.17) is 0 Å². The third kappa shape index (κ3) is 4.33. The van der Waals surface area contributed by atoms with Crippen LogP contribution in [0.4, 0.5) is 5.13 Å². The highest BCUT2D eigenvalue weighted by molar-refractivity contribution is 7.91. The Morgan fingerprint density at radius 1 is 1.23 bits per heavy atom. The van der Waals surface area contributed by atoms with E-state index >= 15 is 0 Å². The average molecular weight is 340 g/mol. The summed E-state index contributed by atoms with van der Waals surface area (Å²) in [4.78, 5) is 11.5. The molecule has 0 unspecified atom stereocenters. The Morgan fingerprint density at radius 2 is 1.91 bits per heavy atom. The molecule has 0 saturated heterocycles. The molecule has 0 fully saturated rings. The Labute approximate surface area is 132 Å². The van der Waals surface area contributed by atoms with Gasteiger partial charge in [0.25, 0.3) is 10.0 Å². The third-order valence-corrected chi connectivity index (χ3v) is 5.31. The van der Waals surface area contributed by atoms with Crippen LogP contribution in [-0.2, 0) is 21.4 Å². The van der Waals surface area contributed by atoms with Crippen molar-refractivity contribution >= 4 is 32.4 Å². The lowest BCUT2D eigenvalue weighted by atomic mass is 10.2. The van der Waals surface area contributed by atoms with Gasteiger partial charge in [-0.2, -0.15) is 0 Å². The van der Waals surface area contributed by atoms with Gasteiger partial charge in [-0.05, 0) is 5.56 Å². The number of aromatic nitrogens is 2. The highest BCUT2D eigenvalue weighted by atomic mass is 32.2. The molecule has 0 aliphatic carbocycles. The smallest absolute Gasteiger partial charge is 0.270 e. The molecule has 2 rings (SSSR count). The van der Waals surface area contributed by atoms with Crippen molar-refractivity contribution in [3.05, 3.63) is 35.9 Å². The maximum Gasteiger partial charge on any atom is 0.270 e. The standard InChI is InChI=1S/C13H16N4O3S2/c1-9(2)11(18)15-12-16-17-13(21-12)22(19,20)14-8-10-6-4-3-5-7-10/h3-7,9,14H,8H2,1-2H3,(H,15,16,18). The molecule has 118 valence electrons. The number of nitrogens with one attached hydrogen (secondary N) is 2. The van der Waals surface area contributed by atoms with Gasteiger partial charge in [0, 0.05) is 12.5 Å². The normalized spacial score (nSPS) is 11.6. The highest BCUT2D eigenvalue weighted by Crippen LogP contribution is 2.20. The van der Waals surface area contributed by atoms with E-state index in [-0.39, 0.29) is 27.8 Å². The molecular weight excluding hydrogens is 324 g/mol. The van der Waals surface area contributed by atoms with E-state index in [0.29, 0.717) is 0 Å². The first kappa shape index (κ1) is 16.5. The van der Waals surface area contributed by atoms with Crippen molar-refractivity contribution in [3.8, 4) is 0 Å². The average Bonchev–Trinajstić information content (AvgIpc) is 2.95. The van der Waals surface area contributed by atoms with Crippen molar-refractivity contribution in [3.63, 3.8) is 0 Å². The van der Waals surface area contributed by atoms with E-state index < -0.39 is 10.0 Å². The van der Waals surface area contributed by atoms with E-state index in [0.717, 1.165) is 16.9 Å². The maximum atomic E-state index is 12.1. The fourth-order valence-electron chi connectivity index (χ4n) is 1.45. The summed E-state index contributed by atoms with van der Waals surface area (Å²) in [6.45, 7) is 3.63. The van der Waals surface area contributed by atoms with Gasteiger partial charge in [-0.25, -0.2) is 13.1 Å². The minimum absolute atomic E-state index is 0.163. The second-order valence-corrected chi connectivity index (χ2v) is 7.75. The number of nitrogens with zero attached hydrogens (tertiary/aromatic N) is 2. The molecule has 0 saturated carbocycles. The molecule has 0 bridgehead atoms. The number of sulfonamides is 1. The Morgan fingerprint density at radius 3 is 2.55 bits per heavy atom. The molecule has 1 aromatic heterocycles. The Bertz CT molecular complexity index is 742. The van der Waals surface area contributed by atoms with Gasteiger partial charge < -0.3 is 5.32 Å². The van der Waals surface area contributed by atoms with Crippen molar-refractivity contribution in [2.24, 2.45) is 5.92 Å². The second-order valence-electron chi connectivity index (χ2n) is 4.83. The molecule has 0 aliphatic heterocycles. The molecule has 2 aromatic rings. The molecular formula is C13H16N4O3S2. The van der Waals surface area contributed by atoms with E-state index in [9.17, 15) is 13.2 Å². The van der Waals surface area contributed by atoms with Crippen molar-refractivity contribution in [2.75, 3.05) is 5.32 Å². The number of benzene rings is 1. The number of carbonyl (C=O) groups excluding carboxylic acids is 1. The van der Waals surface area contributed by atoms with Gasteiger partial charge in [0.05, 0.1) is 0 Å². The lowest BCUT2D eigenvalue weighted by Gasteiger charge is -2.03. The molecule has 0 radical (unpaired) electrons. The van der Waals surface area contributed by atoms with Crippen LogP contribution in [0.3, 0.4) is 0 Å². The quantitative estimate of drug-likeness (QED) is 0.778. The zero-order valence-electron chi connectivity index (χ0n) is 12.1. The van der Waals surface area contributed by atoms with Gasteiger partial charge in [0.2, 0.25) is 15.4 Å². The molecule has 2 N–H and O–H groups in total. The Balaban J connectivity index is 2.04. The predicted molar refractivity (Wildman–Crippen MR) is 83.8 cm³/mol. The highest BCUT2D eigenvalue weighted by Gasteiger charge is 2.21. The molecule has 1 amide bonds. The SMILES string of the molecule is CC(C)C(=O)Nc1nnc(S(=O)(=O)NCc2ccccc2)s1. The number of carbonyl (C=O) groups is 1. The number of amides is 1. The lowest BCUT2D eigenvalue weighted by molar-refractivity contribution is -0.118. The van der Waals surface area contributed by atoms with Gasteiger partial charge in [-0.15, -0.1) is 10.2 Å². The van der Waals surface area contributed by atoms with Gasteiger partial charge >= 0.3 is 0 Å². The van der Waals surface area contributed by atoms with Crippen LogP contribution in [0.2, 0.25) is 0 Å². The first-order valence-corrected chi connectivity index (χ1v) is 8.86.